The SMILES string of the molecule is c1ccc(-c2ccc(-c3ccccc3-c3ccc(-c4ccc5sc6cccc(-c7nc(-c8ccccc8)nc(-c8ccccc8)n7)c6c5c4)cc3)cc2)cc1. The molecule has 0 fully saturated rings. The molecule has 4 heteroatoms. The summed E-state index contributed by atoms with van der Waals surface area (Å²) >= 11 is 1.80. The van der Waals surface area contributed by atoms with Crippen LogP contribution < -0.4 is 0 Å². The quantitative estimate of drug-likeness (QED) is 0.165. The van der Waals surface area contributed by atoms with E-state index >= 15 is 0 Å². The van der Waals surface area contributed by atoms with Gasteiger partial charge in [-0.05, 0) is 62.7 Å². The maximum absolute atomic E-state index is 5.08. The highest BCUT2D eigenvalue weighted by atomic mass is 32.1. The second-order valence-electron chi connectivity index (χ2n) is 13.6. The first kappa shape index (κ1) is 32.6. The second-order valence-corrected chi connectivity index (χ2v) is 14.7. The number of nitrogens with zero attached hydrogens (tertiary/aromatic N) is 3. The summed E-state index contributed by atoms with van der Waals surface area (Å²) in [5.41, 5.74) is 12.5. The fraction of sp³-hybridized carbons (Fsp3) is 0. The van der Waals surface area contributed by atoms with Gasteiger partial charge in [-0.2, -0.15) is 0 Å². The molecule has 0 saturated heterocycles. The van der Waals surface area contributed by atoms with Crippen molar-refractivity contribution in [3.05, 3.63) is 200 Å². The number of thiophene rings is 1. The summed E-state index contributed by atoms with van der Waals surface area (Å²) < 4.78 is 2.44. The van der Waals surface area contributed by atoms with E-state index in [-0.39, 0.29) is 0 Å². The molecule has 2 aromatic heterocycles. The Labute approximate surface area is 323 Å². The van der Waals surface area contributed by atoms with Crippen LogP contribution in [0, 0.1) is 0 Å². The zero-order valence-electron chi connectivity index (χ0n) is 29.8. The lowest BCUT2D eigenvalue weighted by atomic mass is 9.92. The number of fused-ring (bicyclic) bond motifs is 3. The largest absolute Gasteiger partial charge is 0.208 e. The molecule has 0 saturated carbocycles. The van der Waals surface area contributed by atoms with E-state index in [4.69, 9.17) is 15.0 Å². The molecule has 0 aliphatic carbocycles. The third-order valence-electron chi connectivity index (χ3n) is 10.2. The van der Waals surface area contributed by atoms with E-state index in [2.05, 4.69) is 140 Å². The van der Waals surface area contributed by atoms with E-state index in [1.807, 2.05) is 60.7 Å². The van der Waals surface area contributed by atoms with Crippen molar-refractivity contribution in [2.75, 3.05) is 0 Å². The molecular weight excluding hydrogens is 687 g/mol. The molecule has 0 N–H and O–H groups in total. The van der Waals surface area contributed by atoms with Gasteiger partial charge < -0.3 is 0 Å². The van der Waals surface area contributed by atoms with Gasteiger partial charge in [0.05, 0.1) is 0 Å². The summed E-state index contributed by atoms with van der Waals surface area (Å²) in [5.74, 6) is 1.99. The second kappa shape index (κ2) is 14.1. The fourth-order valence-corrected chi connectivity index (χ4v) is 8.54. The van der Waals surface area contributed by atoms with Gasteiger partial charge in [0.25, 0.3) is 0 Å². The van der Waals surface area contributed by atoms with E-state index in [1.54, 1.807) is 11.3 Å². The lowest BCUT2D eigenvalue weighted by Gasteiger charge is -2.12. The smallest absolute Gasteiger partial charge is 0.164 e. The Balaban J connectivity index is 1.03. The Bertz CT molecular complexity index is 2880. The van der Waals surface area contributed by atoms with Crippen molar-refractivity contribution < 1.29 is 0 Å². The minimum Gasteiger partial charge on any atom is -0.208 e. The third kappa shape index (κ3) is 6.29. The molecule has 0 aliphatic rings. The van der Waals surface area contributed by atoms with Crippen molar-refractivity contribution in [3.63, 3.8) is 0 Å². The van der Waals surface area contributed by atoms with Crippen molar-refractivity contribution in [3.8, 4) is 78.7 Å². The van der Waals surface area contributed by atoms with Crippen molar-refractivity contribution in [1.29, 1.82) is 0 Å². The van der Waals surface area contributed by atoms with Crippen LogP contribution in [-0.4, -0.2) is 15.0 Å². The van der Waals surface area contributed by atoms with Crippen LogP contribution in [0.2, 0.25) is 0 Å². The van der Waals surface area contributed by atoms with Crippen LogP contribution in [0.25, 0.3) is 98.8 Å². The molecule has 0 bridgehead atoms. The van der Waals surface area contributed by atoms with Gasteiger partial charge in [-0.15, -0.1) is 11.3 Å². The van der Waals surface area contributed by atoms with E-state index in [0.717, 1.165) is 22.1 Å². The first-order valence-electron chi connectivity index (χ1n) is 18.4. The molecule has 0 spiro atoms. The van der Waals surface area contributed by atoms with Gasteiger partial charge in [0.15, 0.2) is 17.5 Å². The van der Waals surface area contributed by atoms with Crippen LogP contribution in [0.3, 0.4) is 0 Å². The van der Waals surface area contributed by atoms with Gasteiger partial charge in [-0.1, -0.05) is 182 Å². The monoisotopic (exact) mass is 719 g/mol. The van der Waals surface area contributed by atoms with Gasteiger partial charge >= 0.3 is 0 Å². The lowest BCUT2D eigenvalue weighted by Crippen LogP contribution is -2.00. The molecule has 0 unspecified atom stereocenters. The molecule has 0 aliphatic heterocycles. The van der Waals surface area contributed by atoms with Gasteiger partial charge in [0.1, 0.15) is 0 Å². The minimum absolute atomic E-state index is 0.660. The molecule has 8 aromatic carbocycles. The van der Waals surface area contributed by atoms with Crippen molar-refractivity contribution >= 4 is 31.5 Å². The summed E-state index contributed by atoms with van der Waals surface area (Å²) in [6.07, 6.45) is 0. The highest BCUT2D eigenvalue weighted by Crippen LogP contribution is 2.42. The zero-order valence-corrected chi connectivity index (χ0v) is 30.6. The normalized spacial score (nSPS) is 11.3. The highest BCUT2D eigenvalue weighted by molar-refractivity contribution is 7.26. The van der Waals surface area contributed by atoms with Crippen molar-refractivity contribution in [2.45, 2.75) is 0 Å². The zero-order chi connectivity index (χ0) is 36.6. The predicted molar refractivity (Wildman–Crippen MR) is 231 cm³/mol. The van der Waals surface area contributed by atoms with Crippen LogP contribution in [-0.2, 0) is 0 Å². The van der Waals surface area contributed by atoms with E-state index in [1.165, 1.54) is 59.3 Å². The Hall–Kier alpha value is -7.01. The highest BCUT2D eigenvalue weighted by Gasteiger charge is 2.18. The summed E-state index contributed by atoms with van der Waals surface area (Å²) in [7, 11) is 0. The van der Waals surface area contributed by atoms with E-state index in [9.17, 15) is 0 Å². The van der Waals surface area contributed by atoms with E-state index in [0.29, 0.717) is 17.5 Å². The first-order chi connectivity index (χ1) is 27.2. The molecule has 0 amide bonds. The average molecular weight is 720 g/mol. The van der Waals surface area contributed by atoms with Crippen molar-refractivity contribution in [2.24, 2.45) is 0 Å². The van der Waals surface area contributed by atoms with Gasteiger partial charge in [0.2, 0.25) is 0 Å². The first-order valence-corrected chi connectivity index (χ1v) is 19.3. The van der Waals surface area contributed by atoms with Crippen LogP contribution in [0.4, 0.5) is 0 Å². The van der Waals surface area contributed by atoms with Crippen LogP contribution in [0.5, 0.6) is 0 Å². The minimum atomic E-state index is 0.660. The Morgan fingerprint density at radius 1 is 0.273 bits per heavy atom. The van der Waals surface area contributed by atoms with Crippen LogP contribution >= 0.6 is 11.3 Å². The predicted octanol–water partition coefficient (Wildman–Crippen LogP) is 13.9. The van der Waals surface area contributed by atoms with Gasteiger partial charge in [0, 0.05) is 36.9 Å². The molecule has 2 heterocycles. The summed E-state index contributed by atoms with van der Waals surface area (Å²) in [6, 6.07) is 70.6. The third-order valence-corrected chi connectivity index (χ3v) is 11.3. The van der Waals surface area contributed by atoms with Crippen LogP contribution in [0.15, 0.2) is 200 Å². The number of aromatic nitrogens is 3. The summed E-state index contributed by atoms with van der Waals surface area (Å²) in [5, 5.41) is 2.36. The molecule has 3 nitrogen and oxygen atoms in total. The summed E-state index contributed by atoms with van der Waals surface area (Å²) in [4.78, 5) is 15.1. The molecule has 258 valence electrons. The molecule has 0 atom stereocenters. The number of hydrogen-bond donors (Lipinski definition) is 0. The maximum Gasteiger partial charge on any atom is 0.164 e. The topological polar surface area (TPSA) is 38.7 Å². The Morgan fingerprint density at radius 2 is 0.691 bits per heavy atom. The average Bonchev–Trinajstić information content (AvgIpc) is 3.66. The molecule has 0 radical (unpaired) electrons. The number of benzene rings is 8. The number of rotatable bonds is 7. The van der Waals surface area contributed by atoms with Crippen molar-refractivity contribution in [1.82, 2.24) is 15.0 Å². The van der Waals surface area contributed by atoms with E-state index < -0.39 is 0 Å². The Morgan fingerprint density at radius 3 is 1.25 bits per heavy atom. The van der Waals surface area contributed by atoms with Gasteiger partial charge in [-0.3, -0.25) is 0 Å². The van der Waals surface area contributed by atoms with Crippen LogP contribution in [0.1, 0.15) is 0 Å². The molecular formula is C51H33N3S. The molecule has 10 rings (SSSR count). The molecule has 55 heavy (non-hydrogen) atoms. The maximum atomic E-state index is 5.08. The summed E-state index contributed by atoms with van der Waals surface area (Å²) in [6.45, 7) is 0. The Kier molecular flexibility index (Phi) is 8.36. The standard InChI is InChI=1S/C51H33N3S/c1-4-13-34(14-5-1)35-23-27-37(28-24-35)42-19-10-11-20-43(42)38-29-25-36(26-30-38)41-31-32-46-45(33-41)48-44(21-12-22-47(48)55-46)51-53-49(39-15-6-2-7-16-39)52-50(54-51)40-17-8-3-9-18-40/h1-33H. The lowest BCUT2D eigenvalue weighted by molar-refractivity contribution is 1.08. The molecule has 10 aromatic rings. The van der Waals surface area contributed by atoms with Gasteiger partial charge in [-0.25, -0.2) is 15.0 Å². The number of hydrogen-bond acceptors (Lipinski definition) is 4. The fourth-order valence-electron chi connectivity index (χ4n) is 7.42.